The van der Waals surface area contributed by atoms with Gasteiger partial charge in [0.25, 0.3) is 5.91 Å². The van der Waals surface area contributed by atoms with E-state index in [1.807, 2.05) is 17.9 Å². The van der Waals surface area contributed by atoms with Crippen LogP contribution in [0.1, 0.15) is 15.9 Å². The monoisotopic (exact) mass is 547 g/mol. The molecule has 1 heterocycles. The molecule has 0 spiro atoms. The number of carbonyl (C=O) groups excluding carboxylic acids is 1. The highest BCUT2D eigenvalue weighted by atomic mass is 79.9. The van der Waals surface area contributed by atoms with Gasteiger partial charge < -0.3 is 10.2 Å². The number of hydrogen-bond acceptors (Lipinski definition) is 4. The number of nitrogens with zero attached hydrogens (tertiary/aromatic N) is 2. The lowest BCUT2D eigenvalue weighted by molar-refractivity contribution is 0.102. The van der Waals surface area contributed by atoms with Crippen LogP contribution >= 0.6 is 27.5 Å². The lowest BCUT2D eigenvalue weighted by atomic mass is 10.2. The molecule has 3 aromatic carbocycles. The zero-order valence-corrected chi connectivity index (χ0v) is 21.1. The van der Waals surface area contributed by atoms with Crippen LogP contribution < -0.4 is 10.2 Å². The van der Waals surface area contributed by atoms with Crippen LogP contribution in [0.4, 0.5) is 11.4 Å². The highest BCUT2D eigenvalue weighted by molar-refractivity contribution is 9.10. The summed E-state index contributed by atoms with van der Waals surface area (Å²) in [5.74, 6) is -0.250. The van der Waals surface area contributed by atoms with Crippen molar-refractivity contribution in [3.05, 3.63) is 87.4 Å². The third-order valence-corrected chi connectivity index (χ3v) is 8.25. The van der Waals surface area contributed by atoms with Crippen LogP contribution in [0.2, 0.25) is 5.02 Å². The molecule has 1 saturated heterocycles. The highest BCUT2D eigenvalue weighted by Gasteiger charge is 2.30. The Morgan fingerprint density at radius 1 is 0.970 bits per heavy atom. The number of amides is 1. The summed E-state index contributed by atoms with van der Waals surface area (Å²) in [5, 5.41) is 3.44. The smallest absolute Gasteiger partial charge is 0.255 e. The van der Waals surface area contributed by atoms with Gasteiger partial charge in [0, 0.05) is 36.2 Å². The summed E-state index contributed by atoms with van der Waals surface area (Å²) in [4.78, 5) is 15.1. The van der Waals surface area contributed by atoms with Gasteiger partial charge in [-0.05, 0) is 49.4 Å². The summed E-state index contributed by atoms with van der Waals surface area (Å²) in [7, 11) is -3.56. The van der Waals surface area contributed by atoms with E-state index in [1.54, 1.807) is 60.7 Å². The number of anilines is 2. The Labute approximate surface area is 207 Å². The van der Waals surface area contributed by atoms with Crippen molar-refractivity contribution < 1.29 is 13.2 Å². The molecule has 0 atom stereocenters. The number of aryl methyl sites for hydroxylation is 1. The molecule has 33 heavy (non-hydrogen) atoms. The Balaban J connectivity index is 1.52. The van der Waals surface area contributed by atoms with Crippen LogP contribution in [-0.2, 0) is 10.0 Å². The van der Waals surface area contributed by atoms with Crippen molar-refractivity contribution in [1.29, 1.82) is 0 Å². The summed E-state index contributed by atoms with van der Waals surface area (Å²) >= 11 is 9.91. The summed E-state index contributed by atoms with van der Waals surface area (Å²) in [5.41, 5.74) is 2.80. The van der Waals surface area contributed by atoms with Crippen molar-refractivity contribution in [3.8, 4) is 0 Å². The molecule has 0 aliphatic carbocycles. The third-order valence-electron chi connectivity index (χ3n) is 5.54. The van der Waals surface area contributed by atoms with Gasteiger partial charge in [-0.15, -0.1) is 0 Å². The molecule has 0 bridgehead atoms. The molecular formula is C24H23BrClN3O3S. The van der Waals surface area contributed by atoms with E-state index in [1.165, 1.54) is 4.31 Å². The maximum absolute atomic E-state index is 13.0. The average Bonchev–Trinajstić information content (AvgIpc) is 2.79. The van der Waals surface area contributed by atoms with Crippen molar-refractivity contribution in [3.63, 3.8) is 0 Å². The van der Waals surface area contributed by atoms with E-state index in [4.69, 9.17) is 11.6 Å². The van der Waals surface area contributed by atoms with Crippen LogP contribution in [0.25, 0.3) is 0 Å². The van der Waals surface area contributed by atoms with Crippen LogP contribution in [-0.4, -0.2) is 44.8 Å². The molecule has 0 unspecified atom stereocenters. The van der Waals surface area contributed by atoms with Gasteiger partial charge in [0.05, 0.1) is 21.3 Å². The summed E-state index contributed by atoms with van der Waals surface area (Å²) in [6.07, 6.45) is 0. The minimum absolute atomic E-state index is 0.250. The second-order valence-electron chi connectivity index (χ2n) is 7.80. The number of benzene rings is 3. The number of hydrogen-bond donors (Lipinski definition) is 1. The molecule has 0 saturated carbocycles. The topological polar surface area (TPSA) is 69.7 Å². The molecule has 9 heteroatoms. The fourth-order valence-electron chi connectivity index (χ4n) is 3.77. The van der Waals surface area contributed by atoms with Gasteiger partial charge >= 0.3 is 0 Å². The largest absolute Gasteiger partial charge is 0.366 e. The first-order valence-electron chi connectivity index (χ1n) is 10.4. The maximum Gasteiger partial charge on any atom is 0.255 e. The summed E-state index contributed by atoms with van der Waals surface area (Å²) < 4.78 is 28.4. The molecule has 1 amide bonds. The lowest BCUT2D eigenvalue weighted by Crippen LogP contribution is -2.49. The molecule has 1 fully saturated rings. The van der Waals surface area contributed by atoms with Crippen molar-refractivity contribution in [1.82, 2.24) is 4.31 Å². The normalized spacial score (nSPS) is 14.8. The Bertz CT molecular complexity index is 1270. The third kappa shape index (κ3) is 5.24. The van der Waals surface area contributed by atoms with E-state index in [0.29, 0.717) is 53.0 Å². The highest BCUT2D eigenvalue weighted by Crippen LogP contribution is 2.35. The average molecular weight is 549 g/mol. The summed E-state index contributed by atoms with van der Waals surface area (Å²) in [6.45, 7) is 3.47. The second-order valence-corrected chi connectivity index (χ2v) is 11.1. The van der Waals surface area contributed by atoms with Gasteiger partial charge in [-0.3, -0.25) is 4.79 Å². The van der Waals surface area contributed by atoms with Gasteiger partial charge in [-0.1, -0.05) is 57.4 Å². The van der Waals surface area contributed by atoms with E-state index < -0.39 is 10.0 Å². The van der Waals surface area contributed by atoms with Crippen LogP contribution in [0.3, 0.4) is 0 Å². The molecular weight excluding hydrogens is 526 g/mol. The van der Waals surface area contributed by atoms with E-state index in [-0.39, 0.29) is 5.91 Å². The zero-order chi connectivity index (χ0) is 23.6. The fraction of sp³-hybridized carbons (Fsp3) is 0.208. The van der Waals surface area contributed by atoms with Crippen LogP contribution in [0, 0.1) is 6.92 Å². The van der Waals surface area contributed by atoms with Gasteiger partial charge in [0.15, 0.2) is 0 Å². The Morgan fingerprint density at radius 2 is 1.64 bits per heavy atom. The first-order valence-corrected chi connectivity index (χ1v) is 13.0. The molecule has 3 aromatic rings. The number of sulfonamides is 1. The Kier molecular flexibility index (Phi) is 7.09. The minimum Gasteiger partial charge on any atom is -0.366 e. The first kappa shape index (κ1) is 23.8. The number of nitrogens with one attached hydrogen (secondary N) is 1. The summed E-state index contributed by atoms with van der Waals surface area (Å²) in [6, 6.07) is 19.3. The maximum atomic E-state index is 13.0. The van der Waals surface area contributed by atoms with E-state index >= 15 is 0 Å². The van der Waals surface area contributed by atoms with Gasteiger partial charge in [0.1, 0.15) is 0 Å². The number of piperazine rings is 1. The molecule has 4 rings (SSSR count). The van der Waals surface area contributed by atoms with Crippen molar-refractivity contribution in [2.24, 2.45) is 0 Å². The van der Waals surface area contributed by atoms with E-state index in [0.717, 1.165) is 10.0 Å². The number of para-hydroxylation sites is 1. The molecule has 6 nitrogen and oxygen atoms in total. The first-order chi connectivity index (χ1) is 15.8. The van der Waals surface area contributed by atoms with E-state index in [9.17, 15) is 13.2 Å². The van der Waals surface area contributed by atoms with Gasteiger partial charge in [0.2, 0.25) is 10.0 Å². The predicted molar refractivity (Wildman–Crippen MR) is 136 cm³/mol. The molecule has 1 aliphatic heterocycles. The Morgan fingerprint density at radius 3 is 2.30 bits per heavy atom. The Hall–Kier alpha value is -2.39. The second kappa shape index (κ2) is 9.85. The van der Waals surface area contributed by atoms with Crippen molar-refractivity contribution in [2.75, 3.05) is 36.4 Å². The fourth-order valence-corrected chi connectivity index (χ4v) is 5.89. The minimum atomic E-state index is -3.56. The molecule has 172 valence electrons. The SMILES string of the molecule is Cc1ccc(S(=O)(=O)N2CCN(c3c(Cl)cccc3NC(=O)c3cccc(Br)c3)CC2)cc1. The molecule has 1 aliphatic rings. The number of rotatable bonds is 5. The number of carbonyl (C=O) groups is 1. The standard InChI is InChI=1S/C24H23BrClN3O3S/c1-17-8-10-20(11-9-17)33(31,32)29-14-12-28(13-15-29)23-21(26)6-3-7-22(23)27-24(30)18-4-2-5-19(25)16-18/h2-11,16H,12-15H2,1H3,(H,27,30). The van der Waals surface area contributed by atoms with E-state index in [2.05, 4.69) is 21.2 Å². The molecule has 1 N–H and O–H groups in total. The lowest BCUT2D eigenvalue weighted by Gasteiger charge is -2.36. The predicted octanol–water partition coefficient (Wildman–Crippen LogP) is 5.17. The van der Waals surface area contributed by atoms with Crippen molar-refractivity contribution >= 4 is 54.8 Å². The molecule has 0 radical (unpaired) electrons. The van der Waals surface area contributed by atoms with Crippen LogP contribution in [0.5, 0.6) is 0 Å². The number of halogens is 2. The zero-order valence-electron chi connectivity index (χ0n) is 18.0. The van der Waals surface area contributed by atoms with Gasteiger partial charge in [-0.2, -0.15) is 4.31 Å². The quantitative estimate of drug-likeness (QED) is 0.477. The van der Waals surface area contributed by atoms with Gasteiger partial charge in [-0.25, -0.2) is 8.42 Å². The van der Waals surface area contributed by atoms with Crippen molar-refractivity contribution in [2.45, 2.75) is 11.8 Å². The van der Waals surface area contributed by atoms with Crippen LogP contribution in [0.15, 0.2) is 76.1 Å². The molecule has 0 aromatic heterocycles.